The lowest BCUT2D eigenvalue weighted by molar-refractivity contribution is -0.384. The quantitative estimate of drug-likeness (QED) is 0.664. The molecule has 5 heteroatoms. The fourth-order valence-electron chi connectivity index (χ4n) is 2.78. The SMILES string of the molecule is O=[N+]([O-])c1ccc(NC2CCc3ccccc3C2)c(Br)c1. The molecule has 1 N–H and O–H groups in total. The molecule has 4 nitrogen and oxygen atoms in total. The van der Waals surface area contributed by atoms with Gasteiger partial charge in [-0.2, -0.15) is 0 Å². The standard InChI is InChI=1S/C16H15BrN2O2/c17-15-10-14(19(20)21)7-8-16(15)18-13-6-5-11-3-1-2-4-12(11)9-13/h1-4,7-8,10,13,18H,5-6,9H2. The van der Waals surface area contributed by atoms with Crippen LogP contribution in [0.25, 0.3) is 0 Å². The van der Waals surface area contributed by atoms with Crippen LogP contribution in [0.5, 0.6) is 0 Å². The van der Waals surface area contributed by atoms with Crippen LogP contribution in [0.3, 0.4) is 0 Å². The van der Waals surface area contributed by atoms with Gasteiger partial charge in [-0.1, -0.05) is 24.3 Å². The molecule has 1 aliphatic rings. The minimum absolute atomic E-state index is 0.0985. The van der Waals surface area contributed by atoms with Crippen LogP contribution in [-0.4, -0.2) is 11.0 Å². The van der Waals surface area contributed by atoms with Crippen molar-refractivity contribution >= 4 is 27.3 Å². The molecule has 1 atom stereocenters. The first-order valence-corrected chi connectivity index (χ1v) is 7.70. The number of non-ortho nitro benzene ring substituents is 1. The van der Waals surface area contributed by atoms with Crippen LogP contribution in [0.1, 0.15) is 17.5 Å². The fourth-order valence-corrected chi connectivity index (χ4v) is 3.26. The Morgan fingerprint density at radius 2 is 1.95 bits per heavy atom. The predicted octanol–water partition coefficient (Wildman–Crippen LogP) is 4.33. The summed E-state index contributed by atoms with van der Waals surface area (Å²) in [5.74, 6) is 0. The molecule has 0 radical (unpaired) electrons. The zero-order valence-electron chi connectivity index (χ0n) is 11.4. The van der Waals surface area contributed by atoms with Crippen molar-refractivity contribution in [2.75, 3.05) is 5.32 Å². The van der Waals surface area contributed by atoms with Crippen molar-refractivity contribution in [3.8, 4) is 0 Å². The first-order valence-electron chi connectivity index (χ1n) is 6.91. The summed E-state index contributed by atoms with van der Waals surface area (Å²) in [6, 6.07) is 13.7. The van der Waals surface area contributed by atoms with Crippen molar-refractivity contribution in [1.82, 2.24) is 0 Å². The van der Waals surface area contributed by atoms with Gasteiger partial charge >= 0.3 is 0 Å². The maximum absolute atomic E-state index is 10.8. The molecule has 2 aromatic carbocycles. The summed E-state index contributed by atoms with van der Waals surface area (Å²) in [4.78, 5) is 10.4. The van der Waals surface area contributed by atoms with E-state index in [-0.39, 0.29) is 10.6 Å². The third-order valence-electron chi connectivity index (χ3n) is 3.87. The molecule has 0 saturated heterocycles. The van der Waals surface area contributed by atoms with Crippen LogP contribution < -0.4 is 5.32 Å². The molecule has 0 saturated carbocycles. The third-order valence-corrected chi connectivity index (χ3v) is 4.53. The lowest BCUT2D eigenvalue weighted by Crippen LogP contribution is -2.27. The summed E-state index contributed by atoms with van der Waals surface area (Å²) in [5.41, 5.74) is 3.82. The Balaban J connectivity index is 1.75. The zero-order chi connectivity index (χ0) is 14.8. The van der Waals surface area contributed by atoms with Gasteiger partial charge in [0.15, 0.2) is 0 Å². The van der Waals surface area contributed by atoms with Crippen LogP contribution in [-0.2, 0) is 12.8 Å². The molecule has 0 spiro atoms. The van der Waals surface area contributed by atoms with Gasteiger partial charge < -0.3 is 5.32 Å². The average molecular weight is 347 g/mol. The molecule has 108 valence electrons. The first kappa shape index (κ1) is 14.1. The van der Waals surface area contributed by atoms with Crippen molar-refractivity contribution in [1.29, 1.82) is 0 Å². The van der Waals surface area contributed by atoms with Gasteiger partial charge in [0.05, 0.1) is 4.92 Å². The van der Waals surface area contributed by atoms with Gasteiger partial charge in [0.1, 0.15) is 0 Å². The average Bonchev–Trinajstić information content (AvgIpc) is 2.49. The van der Waals surface area contributed by atoms with Crippen LogP contribution in [0, 0.1) is 10.1 Å². The highest BCUT2D eigenvalue weighted by molar-refractivity contribution is 9.10. The Bertz CT molecular complexity index is 688. The van der Waals surface area contributed by atoms with E-state index in [2.05, 4.69) is 45.5 Å². The number of hydrogen-bond donors (Lipinski definition) is 1. The van der Waals surface area contributed by atoms with E-state index in [4.69, 9.17) is 0 Å². The van der Waals surface area contributed by atoms with Crippen molar-refractivity contribution in [2.24, 2.45) is 0 Å². The number of aryl methyl sites for hydroxylation is 1. The van der Waals surface area contributed by atoms with Gasteiger partial charge in [-0.25, -0.2) is 0 Å². The van der Waals surface area contributed by atoms with E-state index in [9.17, 15) is 10.1 Å². The number of benzene rings is 2. The molecule has 0 fully saturated rings. The van der Waals surface area contributed by atoms with E-state index in [0.717, 1.165) is 29.4 Å². The Morgan fingerprint density at radius 3 is 2.67 bits per heavy atom. The molecule has 21 heavy (non-hydrogen) atoms. The van der Waals surface area contributed by atoms with E-state index in [0.29, 0.717) is 6.04 Å². The van der Waals surface area contributed by atoms with E-state index >= 15 is 0 Å². The molecule has 0 bridgehead atoms. The number of anilines is 1. The molecular weight excluding hydrogens is 332 g/mol. The Labute approximate surface area is 131 Å². The van der Waals surface area contributed by atoms with Crippen LogP contribution in [0.4, 0.5) is 11.4 Å². The minimum Gasteiger partial charge on any atom is -0.381 e. The Morgan fingerprint density at radius 1 is 1.19 bits per heavy atom. The highest BCUT2D eigenvalue weighted by atomic mass is 79.9. The first-order chi connectivity index (χ1) is 10.1. The number of nitro benzene ring substituents is 1. The minimum atomic E-state index is -0.384. The van der Waals surface area contributed by atoms with Crippen molar-refractivity contribution in [3.63, 3.8) is 0 Å². The van der Waals surface area contributed by atoms with Crippen molar-refractivity contribution in [3.05, 3.63) is 68.2 Å². The van der Waals surface area contributed by atoms with E-state index in [1.165, 1.54) is 17.2 Å². The highest BCUT2D eigenvalue weighted by Crippen LogP contribution is 2.30. The molecule has 0 heterocycles. The van der Waals surface area contributed by atoms with Crippen LogP contribution in [0.15, 0.2) is 46.9 Å². The molecule has 2 aromatic rings. The molecule has 0 amide bonds. The summed E-state index contributed by atoms with van der Waals surface area (Å²) >= 11 is 3.41. The van der Waals surface area contributed by atoms with Crippen LogP contribution >= 0.6 is 15.9 Å². The molecular formula is C16H15BrN2O2. The van der Waals surface area contributed by atoms with Gasteiger partial charge in [-0.3, -0.25) is 10.1 Å². The lowest BCUT2D eigenvalue weighted by Gasteiger charge is -2.26. The summed E-state index contributed by atoms with van der Waals surface area (Å²) < 4.78 is 0.732. The second kappa shape index (κ2) is 5.85. The normalized spacial score (nSPS) is 17.1. The number of hydrogen-bond acceptors (Lipinski definition) is 3. The van der Waals surface area contributed by atoms with Gasteiger partial charge in [0.25, 0.3) is 5.69 Å². The van der Waals surface area contributed by atoms with Crippen molar-refractivity contribution < 1.29 is 4.92 Å². The number of nitro groups is 1. The summed E-state index contributed by atoms with van der Waals surface area (Å²) in [6.07, 6.45) is 3.12. The highest BCUT2D eigenvalue weighted by Gasteiger charge is 2.19. The maximum atomic E-state index is 10.8. The van der Waals surface area contributed by atoms with E-state index in [1.807, 2.05) is 0 Å². The number of halogens is 1. The van der Waals surface area contributed by atoms with Gasteiger partial charge in [-0.05, 0) is 52.4 Å². The topological polar surface area (TPSA) is 55.2 Å². The van der Waals surface area contributed by atoms with Gasteiger partial charge in [0.2, 0.25) is 0 Å². The number of rotatable bonds is 3. The molecule has 0 aliphatic heterocycles. The number of fused-ring (bicyclic) bond motifs is 1. The summed E-state index contributed by atoms with van der Waals surface area (Å²) in [5, 5.41) is 14.2. The van der Waals surface area contributed by atoms with Crippen LogP contribution in [0.2, 0.25) is 0 Å². The maximum Gasteiger partial charge on any atom is 0.270 e. The zero-order valence-corrected chi connectivity index (χ0v) is 13.0. The van der Waals surface area contributed by atoms with E-state index in [1.54, 1.807) is 12.1 Å². The smallest absolute Gasteiger partial charge is 0.270 e. The third kappa shape index (κ3) is 3.08. The lowest BCUT2D eigenvalue weighted by atomic mass is 9.88. The Hall–Kier alpha value is -1.88. The molecule has 3 rings (SSSR count). The van der Waals surface area contributed by atoms with Gasteiger partial charge in [-0.15, -0.1) is 0 Å². The second-order valence-corrected chi connectivity index (χ2v) is 6.13. The summed E-state index contributed by atoms with van der Waals surface area (Å²) in [6.45, 7) is 0. The molecule has 1 aliphatic carbocycles. The monoisotopic (exact) mass is 346 g/mol. The van der Waals surface area contributed by atoms with E-state index < -0.39 is 0 Å². The molecule has 1 unspecified atom stereocenters. The van der Waals surface area contributed by atoms with Gasteiger partial charge in [0, 0.05) is 28.3 Å². The fraction of sp³-hybridized carbons (Fsp3) is 0.250. The largest absolute Gasteiger partial charge is 0.381 e. The van der Waals surface area contributed by atoms with Crippen molar-refractivity contribution in [2.45, 2.75) is 25.3 Å². The predicted molar refractivity (Wildman–Crippen MR) is 86.7 cm³/mol. The number of nitrogens with zero attached hydrogens (tertiary/aromatic N) is 1. The molecule has 0 aromatic heterocycles. The number of nitrogens with one attached hydrogen (secondary N) is 1. The Kier molecular flexibility index (Phi) is 3.92. The summed E-state index contributed by atoms with van der Waals surface area (Å²) in [7, 11) is 0. The second-order valence-electron chi connectivity index (χ2n) is 5.27.